The first-order valence-corrected chi connectivity index (χ1v) is 9.72. The highest BCUT2D eigenvalue weighted by Gasteiger charge is 2.24. The van der Waals surface area contributed by atoms with Gasteiger partial charge in [-0.1, -0.05) is 35.3 Å². The number of hydrogen-bond acceptors (Lipinski definition) is 4. The highest BCUT2D eigenvalue weighted by molar-refractivity contribution is 6.49. The molecular weight excluding hydrogens is 446 g/mol. The summed E-state index contributed by atoms with van der Waals surface area (Å²) in [5.74, 6) is -2.16. The number of carbonyl (C=O) groups excluding carboxylic acids is 2. The molecule has 0 atom stereocenters. The second-order valence-electron chi connectivity index (χ2n) is 6.65. The molecule has 0 radical (unpaired) electrons. The van der Waals surface area contributed by atoms with Crippen molar-refractivity contribution in [2.75, 3.05) is 5.32 Å². The summed E-state index contributed by atoms with van der Waals surface area (Å²) in [6, 6.07) is 10.8. The lowest BCUT2D eigenvalue weighted by molar-refractivity contribution is -0.605. The van der Waals surface area contributed by atoms with Crippen LogP contribution in [-0.2, 0) is 11.2 Å². The first kappa shape index (κ1) is 20.8. The van der Waals surface area contributed by atoms with Crippen LogP contribution >= 0.6 is 23.2 Å². The summed E-state index contributed by atoms with van der Waals surface area (Å²) < 4.78 is 15.1. The largest absolute Gasteiger partial charge is 0.619 e. The van der Waals surface area contributed by atoms with Gasteiger partial charge in [0.05, 0.1) is 16.8 Å². The number of aromatic nitrogens is 3. The van der Waals surface area contributed by atoms with Gasteiger partial charge in [0.25, 0.3) is 11.7 Å². The van der Waals surface area contributed by atoms with Gasteiger partial charge < -0.3 is 10.5 Å². The van der Waals surface area contributed by atoms with Crippen molar-refractivity contribution in [1.29, 1.82) is 0 Å². The van der Waals surface area contributed by atoms with E-state index in [1.54, 1.807) is 41.0 Å². The molecule has 0 aliphatic carbocycles. The Bertz CT molecular complexity index is 1300. The van der Waals surface area contributed by atoms with Gasteiger partial charge in [0.15, 0.2) is 0 Å². The maximum atomic E-state index is 13.2. The molecule has 3 aromatic heterocycles. The van der Waals surface area contributed by atoms with Crippen molar-refractivity contribution in [3.05, 3.63) is 98.9 Å². The van der Waals surface area contributed by atoms with Crippen LogP contribution in [0.3, 0.4) is 0 Å². The Morgan fingerprint density at radius 2 is 1.81 bits per heavy atom. The van der Waals surface area contributed by atoms with Crippen molar-refractivity contribution in [2.24, 2.45) is 0 Å². The van der Waals surface area contributed by atoms with Crippen LogP contribution in [0, 0.1) is 11.0 Å². The normalized spacial score (nSPS) is 10.9. The minimum absolute atomic E-state index is 0.0399. The van der Waals surface area contributed by atoms with Crippen LogP contribution in [0.4, 0.5) is 10.1 Å². The summed E-state index contributed by atoms with van der Waals surface area (Å²) in [4.78, 5) is 25.5. The van der Waals surface area contributed by atoms with Crippen LogP contribution in [0.2, 0.25) is 10.0 Å². The topological polar surface area (TPSA) is 90.4 Å². The van der Waals surface area contributed by atoms with Gasteiger partial charge in [0.1, 0.15) is 15.9 Å². The van der Waals surface area contributed by atoms with E-state index in [9.17, 15) is 19.2 Å². The van der Waals surface area contributed by atoms with Crippen molar-refractivity contribution >= 4 is 46.1 Å². The summed E-state index contributed by atoms with van der Waals surface area (Å²) in [5, 5.41) is 17.8. The number of hydrogen-bond donors (Lipinski definition) is 1. The van der Waals surface area contributed by atoms with Gasteiger partial charge in [-0.15, -0.1) is 0 Å². The number of anilines is 1. The molecule has 31 heavy (non-hydrogen) atoms. The quantitative estimate of drug-likeness (QED) is 0.213. The van der Waals surface area contributed by atoms with E-state index in [2.05, 4.69) is 10.4 Å². The van der Waals surface area contributed by atoms with Crippen molar-refractivity contribution in [2.45, 2.75) is 6.42 Å². The van der Waals surface area contributed by atoms with E-state index in [0.29, 0.717) is 22.4 Å². The lowest BCUT2D eigenvalue weighted by Gasteiger charge is -2.08. The molecule has 0 saturated heterocycles. The fraction of sp³-hybridized carbons (Fsp3) is 0.0476. The van der Waals surface area contributed by atoms with E-state index in [1.165, 1.54) is 12.1 Å². The number of fused-ring (bicyclic) bond motifs is 1. The van der Waals surface area contributed by atoms with Crippen LogP contribution in [0.25, 0.3) is 5.52 Å². The van der Waals surface area contributed by atoms with Crippen LogP contribution in [0.5, 0.6) is 0 Å². The number of halogens is 3. The zero-order valence-corrected chi connectivity index (χ0v) is 17.2. The lowest BCUT2D eigenvalue weighted by Crippen LogP contribution is -2.27. The molecule has 0 saturated carbocycles. The average Bonchev–Trinajstić information content (AvgIpc) is 3.10. The van der Waals surface area contributed by atoms with Gasteiger partial charge in [-0.2, -0.15) is 9.83 Å². The van der Waals surface area contributed by atoms with E-state index in [0.717, 1.165) is 18.0 Å². The third-order valence-electron chi connectivity index (χ3n) is 4.56. The Balaban J connectivity index is 1.67. The van der Waals surface area contributed by atoms with Crippen molar-refractivity contribution in [1.82, 2.24) is 9.61 Å². The Hall–Kier alpha value is -3.49. The predicted octanol–water partition coefficient (Wildman–Crippen LogP) is 3.83. The van der Waals surface area contributed by atoms with Gasteiger partial charge in [0.2, 0.25) is 12.4 Å². The molecule has 0 unspecified atom stereocenters. The smallest absolute Gasteiger partial charge is 0.296 e. The minimum atomic E-state index is -0.975. The van der Waals surface area contributed by atoms with Crippen LogP contribution in [0.15, 0.2) is 61.1 Å². The van der Waals surface area contributed by atoms with Crippen LogP contribution in [0.1, 0.15) is 21.6 Å². The van der Waals surface area contributed by atoms with E-state index in [-0.39, 0.29) is 27.1 Å². The summed E-state index contributed by atoms with van der Waals surface area (Å²) >= 11 is 11.9. The fourth-order valence-corrected chi connectivity index (χ4v) is 3.68. The lowest BCUT2D eigenvalue weighted by atomic mass is 10.1. The van der Waals surface area contributed by atoms with E-state index in [1.807, 2.05) is 0 Å². The van der Waals surface area contributed by atoms with Crippen LogP contribution < -0.4 is 10.0 Å². The zero-order chi connectivity index (χ0) is 22.1. The highest BCUT2D eigenvalue weighted by atomic mass is 35.5. The maximum Gasteiger partial charge on any atom is 0.296 e. The first-order chi connectivity index (χ1) is 14.8. The molecule has 0 fully saturated rings. The number of benzene rings is 1. The number of Topliss-reactive ketones (excluding diaryl/α,β-unsaturated/α-hetero) is 1. The molecule has 1 aromatic carbocycles. The number of rotatable bonds is 5. The maximum absolute atomic E-state index is 13.2. The Kier molecular flexibility index (Phi) is 5.58. The highest BCUT2D eigenvalue weighted by Crippen LogP contribution is 2.28. The predicted molar refractivity (Wildman–Crippen MR) is 113 cm³/mol. The summed E-state index contributed by atoms with van der Waals surface area (Å²) in [6.45, 7) is 0. The molecule has 7 nitrogen and oxygen atoms in total. The third-order valence-corrected chi connectivity index (χ3v) is 5.13. The van der Waals surface area contributed by atoms with Gasteiger partial charge in [0, 0.05) is 18.3 Å². The molecule has 3 heterocycles. The van der Waals surface area contributed by atoms with E-state index < -0.39 is 11.7 Å². The summed E-state index contributed by atoms with van der Waals surface area (Å²) in [5.41, 5.74) is 1.97. The van der Waals surface area contributed by atoms with Gasteiger partial charge in [-0.05, 0) is 35.9 Å². The standard InChI is InChI=1S/C21H13Cl2FN4O3/c22-16-10-27(31)11-17(23)19(16)26-21(30)20(29)15-9-14(28-18(15)2-1-7-25-28)8-12-3-5-13(24)6-4-12/h1-7,9-11H,8H2,(H,26,30). The first-order valence-electron chi connectivity index (χ1n) is 8.97. The Morgan fingerprint density at radius 3 is 2.48 bits per heavy atom. The van der Waals surface area contributed by atoms with Crippen molar-refractivity contribution < 1.29 is 18.7 Å². The van der Waals surface area contributed by atoms with E-state index >= 15 is 0 Å². The number of pyridine rings is 1. The SMILES string of the molecule is O=C(Nc1c(Cl)c[n+]([O-])cc1Cl)C(=O)c1cc(Cc2ccc(F)cc2)n2ncccc12. The molecule has 0 aliphatic rings. The van der Waals surface area contributed by atoms with Crippen LogP contribution in [-0.4, -0.2) is 21.3 Å². The summed E-state index contributed by atoms with van der Waals surface area (Å²) in [6.07, 6.45) is 3.93. The van der Waals surface area contributed by atoms with Gasteiger partial charge in [-0.25, -0.2) is 8.91 Å². The van der Waals surface area contributed by atoms with Crippen molar-refractivity contribution in [3.8, 4) is 0 Å². The Labute approximate surface area is 185 Å². The molecule has 0 spiro atoms. The average molecular weight is 459 g/mol. The molecule has 4 aromatic rings. The number of carbonyl (C=O) groups is 2. The minimum Gasteiger partial charge on any atom is -0.619 e. The molecule has 4 rings (SSSR count). The third kappa shape index (κ3) is 4.21. The van der Waals surface area contributed by atoms with Gasteiger partial charge in [-0.3, -0.25) is 9.59 Å². The molecule has 1 amide bonds. The zero-order valence-electron chi connectivity index (χ0n) is 15.7. The molecule has 156 valence electrons. The summed E-state index contributed by atoms with van der Waals surface area (Å²) in [7, 11) is 0. The monoisotopic (exact) mass is 458 g/mol. The Morgan fingerprint density at radius 1 is 1.13 bits per heavy atom. The number of nitrogens with one attached hydrogen (secondary N) is 1. The fourth-order valence-electron chi connectivity index (χ4n) is 3.14. The van der Waals surface area contributed by atoms with Gasteiger partial charge >= 0.3 is 0 Å². The molecule has 10 heteroatoms. The second-order valence-corrected chi connectivity index (χ2v) is 7.46. The van der Waals surface area contributed by atoms with E-state index in [4.69, 9.17) is 23.2 Å². The number of nitrogens with zero attached hydrogens (tertiary/aromatic N) is 3. The number of ketones is 1. The second kappa shape index (κ2) is 8.33. The molecule has 0 aliphatic heterocycles. The molecule has 0 bridgehead atoms. The molecule has 1 N–H and O–H groups in total. The van der Waals surface area contributed by atoms with Crippen molar-refractivity contribution in [3.63, 3.8) is 0 Å². The number of amides is 1. The molecular formula is C21H13Cl2FN4O3.